The van der Waals surface area contributed by atoms with Crippen LogP contribution < -0.4 is 5.32 Å². The fourth-order valence-corrected chi connectivity index (χ4v) is 1.44. The van der Waals surface area contributed by atoms with E-state index in [0.717, 1.165) is 5.69 Å². The molecule has 1 atom stereocenters. The van der Waals surface area contributed by atoms with Crippen LogP contribution in [-0.2, 0) is 0 Å². The Kier molecular flexibility index (Phi) is 4.17. The van der Waals surface area contributed by atoms with Crippen LogP contribution in [0.5, 0.6) is 0 Å². The van der Waals surface area contributed by atoms with Gasteiger partial charge >= 0.3 is 0 Å². The van der Waals surface area contributed by atoms with Gasteiger partial charge in [0.15, 0.2) is 0 Å². The van der Waals surface area contributed by atoms with Gasteiger partial charge in [-0.1, -0.05) is 23.2 Å². The van der Waals surface area contributed by atoms with Gasteiger partial charge in [-0.3, -0.25) is 10.1 Å². The molecule has 0 spiro atoms. The normalized spacial score (nSPS) is 12.2. The molecule has 0 amide bonds. The van der Waals surface area contributed by atoms with Crippen LogP contribution in [0.3, 0.4) is 0 Å². The van der Waals surface area contributed by atoms with Crippen molar-refractivity contribution in [3.8, 4) is 0 Å². The molecule has 0 bridgehead atoms. The molecule has 0 aliphatic carbocycles. The van der Waals surface area contributed by atoms with Gasteiger partial charge in [-0.15, -0.1) is 0 Å². The predicted octanol–water partition coefficient (Wildman–Crippen LogP) is 3.07. The number of nitrogens with zero attached hydrogens (tertiary/aromatic N) is 1. The molecule has 6 heteroatoms. The third-order valence-corrected chi connectivity index (χ3v) is 2.49. The zero-order valence-electron chi connectivity index (χ0n) is 8.04. The fraction of sp³-hybridized carbons (Fsp3) is 0.333. The Balaban J connectivity index is 2.64. The summed E-state index contributed by atoms with van der Waals surface area (Å²) in [6.45, 7) is 1.59. The van der Waals surface area contributed by atoms with E-state index in [-0.39, 0.29) is 17.5 Å². The Labute approximate surface area is 97.3 Å². The third kappa shape index (κ3) is 3.93. The van der Waals surface area contributed by atoms with Crippen molar-refractivity contribution in [3.63, 3.8) is 0 Å². The molecule has 0 aliphatic heterocycles. The SMILES string of the molecule is CC(C[N+](=O)[O-])Nc1ccc(Cl)c(Cl)c1. The maximum absolute atomic E-state index is 10.2. The molecule has 0 heterocycles. The minimum atomic E-state index is -0.366. The van der Waals surface area contributed by atoms with Crippen molar-refractivity contribution < 1.29 is 4.92 Å². The first kappa shape index (κ1) is 12.1. The Morgan fingerprint density at radius 2 is 2.13 bits per heavy atom. The van der Waals surface area contributed by atoms with E-state index in [0.29, 0.717) is 10.0 Å². The van der Waals surface area contributed by atoms with E-state index in [1.54, 1.807) is 25.1 Å². The number of nitrogens with one attached hydrogen (secondary N) is 1. The maximum Gasteiger partial charge on any atom is 0.223 e. The summed E-state index contributed by atoms with van der Waals surface area (Å²) in [4.78, 5) is 9.87. The zero-order chi connectivity index (χ0) is 11.4. The maximum atomic E-state index is 10.2. The van der Waals surface area contributed by atoms with Gasteiger partial charge in [0.2, 0.25) is 6.54 Å². The summed E-state index contributed by atoms with van der Waals surface area (Å²) < 4.78 is 0. The number of anilines is 1. The summed E-state index contributed by atoms with van der Waals surface area (Å²) in [5, 5.41) is 14.1. The van der Waals surface area contributed by atoms with Gasteiger partial charge in [-0.2, -0.15) is 0 Å². The van der Waals surface area contributed by atoms with Gasteiger partial charge in [0, 0.05) is 10.6 Å². The summed E-state index contributed by atoms with van der Waals surface area (Å²) in [6, 6.07) is 4.76. The number of hydrogen-bond donors (Lipinski definition) is 1. The molecule has 1 aromatic carbocycles. The van der Waals surface area contributed by atoms with Crippen LogP contribution in [0.1, 0.15) is 6.92 Å². The van der Waals surface area contributed by atoms with Gasteiger partial charge in [0.25, 0.3) is 0 Å². The number of hydrogen-bond acceptors (Lipinski definition) is 3. The molecule has 15 heavy (non-hydrogen) atoms. The van der Waals surface area contributed by atoms with Crippen LogP contribution in [0.15, 0.2) is 18.2 Å². The minimum Gasteiger partial charge on any atom is -0.376 e. The highest BCUT2D eigenvalue weighted by molar-refractivity contribution is 6.42. The Morgan fingerprint density at radius 1 is 1.47 bits per heavy atom. The van der Waals surface area contributed by atoms with Crippen LogP contribution in [0.4, 0.5) is 5.69 Å². The second kappa shape index (κ2) is 5.19. The van der Waals surface area contributed by atoms with Crippen LogP contribution in [0.25, 0.3) is 0 Å². The van der Waals surface area contributed by atoms with Crippen LogP contribution in [0, 0.1) is 10.1 Å². The van der Waals surface area contributed by atoms with E-state index in [4.69, 9.17) is 23.2 Å². The molecule has 0 aliphatic rings. The molecule has 1 unspecified atom stereocenters. The van der Waals surface area contributed by atoms with Gasteiger partial charge in [0.05, 0.1) is 16.1 Å². The average Bonchev–Trinajstić information content (AvgIpc) is 2.10. The molecular weight excluding hydrogens is 239 g/mol. The van der Waals surface area contributed by atoms with Crippen molar-refractivity contribution >= 4 is 28.9 Å². The Hall–Kier alpha value is -1.000. The summed E-state index contributed by atoms with van der Waals surface area (Å²) in [7, 11) is 0. The number of halogens is 2. The molecule has 0 aromatic heterocycles. The van der Waals surface area contributed by atoms with Crippen LogP contribution in [0.2, 0.25) is 10.0 Å². The van der Waals surface area contributed by atoms with E-state index in [2.05, 4.69) is 5.32 Å². The molecule has 1 rings (SSSR count). The molecular formula is C9H10Cl2N2O2. The van der Waals surface area contributed by atoms with Crippen molar-refractivity contribution in [3.05, 3.63) is 38.4 Å². The molecule has 82 valence electrons. The van der Waals surface area contributed by atoms with Gasteiger partial charge < -0.3 is 5.32 Å². The molecule has 0 radical (unpaired) electrons. The quantitative estimate of drug-likeness (QED) is 0.659. The Morgan fingerprint density at radius 3 is 2.67 bits per heavy atom. The van der Waals surface area contributed by atoms with Gasteiger partial charge in [-0.05, 0) is 25.1 Å². The number of benzene rings is 1. The molecule has 1 aromatic rings. The summed E-state index contributed by atoms with van der Waals surface area (Å²) in [6.07, 6.45) is 0. The largest absolute Gasteiger partial charge is 0.376 e. The van der Waals surface area contributed by atoms with Crippen molar-refractivity contribution in [1.29, 1.82) is 0 Å². The first-order valence-corrected chi connectivity index (χ1v) is 5.08. The van der Waals surface area contributed by atoms with Crippen molar-refractivity contribution in [2.45, 2.75) is 13.0 Å². The standard InChI is InChI=1S/C9H10Cl2N2O2/c1-6(5-13(14)15)12-7-2-3-8(10)9(11)4-7/h2-4,6,12H,5H2,1H3. The molecule has 0 saturated heterocycles. The minimum absolute atomic E-state index is 0.139. The topological polar surface area (TPSA) is 55.2 Å². The number of rotatable bonds is 4. The molecule has 4 nitrogen and oxygen atoms in total. The lowest BCUT2D eigenvalue weighted by molar-refractivity contribution is -0.481. The lowest BCUT2D eigenvalue weighted by atomic mass is 10.2. The Bertz CT molecular complexity index is 371. The summed E-state index contributed by atoms with van der Waals surface area (Å²) in [5.74, 6) is 0. The molecule has 0 saturated carbocycles. The molecule has 0 fully saturated rings. The third-order valence-electron chi connectivity index (χ3n) is 1.76. The number of nitro groups is 1. The second-order valence-electron chi connectivity index (χ2n) is 3.19. The summed E-state index contributed by atoms with van der Waals surface area (Å²) >= 11 is 11.5. The van der Waals surface area contributed by atoms with Crippen molar-refractivity contribution in [2.24, 2.45) is 0 Å². The first-order valence-electron chi connectivity index (χ1n) is 4.32. The second-order valence-corrected chi connectivity index (χ2v) is 4.00. The first-order chi connectivity index (χ1) is 6.99. The lowest BCUT2D eigenvalue weighted by Gasteiger charge is -2.11. The van der Waals surface area contributed by atoms with E-state index >= 15 is 0 Å². The van der Waals surface area contributed by atoms with E-state index in [1.807, 2.05) is 0 Å². The fourth-order valence-electron chi connectivity index (χ4n) is 1.14. The van der Waals surface area contributed by atoms with Crippen LogP contribution >= 0.6 is 23.2 Å². The lowest BCUT2D eigenvalue weighted by Crippen LogP contribution is -2.24. The van der Waals surface area contributed by atoms with E-state index < -0.39 is 0 Å². The average molecular weight is 249 g/mol. The molecule has 1 N–H and O–H groups in total. The van der Waals surface area contributed by atoms with E-state index in [9.17, 15) is 10.1 Å². The zero-order valence-corrected chi connectivity index (χ0v) is 9.55. The summed E-state index contributed by atoms with van der Waals surface area (Å²) in [5.41, 5.74) is 0.721. The highest BCUT2D eigenvalue weighted by atomic mass is 35.5. The monoisotopic (exact) mass is 248 g/mol. The predicted molar refractivity (Wildman–Crippen MR) is 61.4 cm³/mol. The van der Waals surface area contributed by atoms with Crippen molar-refractivity contribution in [1.82, 2.24) is 0 Å². The van der Waals surface area contributed by atoms with Gasteiger partial charge in [-0.25, -0.2) is 0 Å². The van der Waals surface area contributed by atoms with Crippen molar-refractivity contribution in [2.75, 3.05) is 11.9 Å². The smallest absolute Gasteiger partial charge is 0.223 e. The van der Waals surface area contributed by atoms with Crippen LogP contribution in [-0.4, -0.2) is 17.5 Å². The highest BCUT2D eigenvalue weighted by Crippen LogP contribution is 2.25. The highest BCUT2D eigenvalue weighted by Gasteiger charge is 2.09. The van der Waals surface area contributed by atoms with E-state index in [1.165, 1.54) is 0 Å². The van der Waals surface area contributed by atoms with Gasteiger partial charge in [0.1, 0.15) is 0 Å².